The van der Waals surface area contributed by atoms with E-state index in [0.717, 1.165) is 12.4 Å². The average Bonchev–Trinajstić information content (AvgIpc) is 2.51. The maximum atomic E-state index is 6.12. The first-order chi connectivity index (χ1) is 11.6. The molecule has 144 valence electrons. The van der Waals surface area contributed by atoms with Crippen LogP contribution < -0.4 is 4.74 Å². The quantitative estimate of drug-likeness (QED) is 0.393. The largest absolute Gasteiger partial charge is 0.494 e. The molecule has 0 atom stereocenters. The van der Waals surface area contributed by atoms with E-state index in [1.54, 1.807) is 0 Å². The molecular formula is C24H42O. The predicted molar refractivity (Wildman–Crippen MR) is 112 cm³/mol. The van der Waals surface area contributed by atoms with Gasteiger partial charge in [0.15, 0.2) is 0 Å². The molecular weight excluding hydrogens is 304 g/mol. The summed E-state index contributed by atoms with van der Waals surface area (Å²) in [4.78, 5) is 0. The van der Waals surface area contributed by atoms with Crippen molar-refractivity contribution in [3.8, 4) is 5.75 Å². The third-order valence-electron chi connectivity index (χ3n) is 4.91. The Morgan fingerprint density at radius 2 is 1.08 bits per heavy atom. The van der Waals surface area contributed by atoms with Crippen LogP contribution in [-0.4, -0.2) is 6.61 Å². The van der Waals surface area contributed by atoms with Crippen molar-refractivity contribution in [3.63, 3.8) is 0 Å². The molecule has 0 aromatic heterocycles. The summed E-state index contributed by atoms with van der Waals surface area (Å²) in [7, 11) is 0. The molecule has 1 aromatic rings. The molecule has 0 fully saturated rings. The monoisotopic (exact) mass is 346 g/mol. The predicted octanol–water partition coefficient (Wildman–Crippen LogP) is 7.80. The van der Waals surface area contributed by atoms with Gasteiger partial charge in [-0.15, -0.1) is 0 Å². The maximum Gasteiger partial charge on any atom is 0.119 e. The Bertz CT molecular complexity index is 456. The molecule has 0 aliphatic rings. The molecule has 0 saturated heterocycles. The fourth-order valence-corrected chi connectivity index (χ4v) is 2.97. The van der Waals surface area contributed by atoms with E-state index in [9.17, 15) is 0 Å². The zero-order valence-corrected chi connectivity index (χ0v) is 18.0. The summed E-state index contributed by atoms with van der Waals surface area (Å²) >= 11 is 0. The van der Waals surface area contributed by atoms with Gasteiger partial charge in [-0.3, -0.25) is 0 Å². The second-order valence-electron chi connectivity index (χ2n) is 9.57. The van der Waals surface area contributed by atoms with Crippen molar-refractivity contribution in [3.05, 3.63) is 29.3 Å². The van der Waals surface area contributed by atoms with E-state index in [1.165, 1.54) is 62.5 Å². The molecule has 0 bridgehead atoms. The van der Waals surface area contributed by atoms with E-state index in [1.807, 2.05) is 0 Å². The Balaban J connectivity index is 2.50. The summed E-state index contributed by atoms with van der Waals surface area (Å²) in [5.74, 6) is 1.04. The number of hydrogen-bond acceptors (Lipinski definition) is 1. The minimum absolute atomic E-state index is 0.151. The van der Waals surface area contributed by atoms with Gasteiger partial charge >= 0.3 is 0 Å². The summed E-state index contributed by atoms with van der Waals surface area (Å²) < 4.78 is 6.12. The fourth-order valence-electron chi connectivity index (χ4n) is 2.97. The molecule has 0 aliphatic carbocycles. The number of hydrogen-bond donors (Lipinski definition) is 0. The van der Waals surface area contributed by atoms with Crippen molar-refractivity contribution >= 4 is 0 Å². The summed E-state index contributed by atoms with van der Waals surface area (Å²) in [5, 5.41) is 0. The van der Waals surface area contributed by atoms with Crippen molar-refractivity contribution in [2.45, 2.75) is 111 Å². The molecule has 0 aliphatic heterocycles. The topological polar surface area (TPSA) is 9.23 Å². The Labute approximate surface area is 157 Å². The van der Waals surface area contributed by atoms with E-state index >= 15 is 0 Å². The van der Waals surface area contributed by atoms with Gasteiger partial charge in [-0.05, 0) is 40.5 Å². The maximum absolute atomic E-state index is 6.12. The second-order valence-corrected chi connectivity index (χ2v) is 9.57. The molecule has 0 spiro atoms. The van der Waals surface area contributed by atoms with Crippen molar-refractivity contribution in [1.82, 2.24) is 0 Å². The van der Waals surface area contributed by atoms with Crippen molar-refractivity contribution in [2.75, 3.05) is 6.61 Å². The van der Waals surface area contributed by atoms with Crippen LogP contribution in [0, 0.1) is 0 Å². The van der Waals surface area contributed by atoms with Crippen LogP contribution in [0.25, 0.3) is 0 Å². The van der Waals surface area contributed by atoms with Gasteiger partial charge in [0.25, 0.3) is 0 Å². The summed E-state index contributed by atoms with van der Waals surface area (Å²) in [6.07, 6.45) is 10.7. The van der Waals surface area contributed by atoms with E-state index in [-0.39, 0.29) is 10.8 Å². The first-order valence-electron chi connectivity index (χ1n) is 10.4. The van der Waals surface area contributed by atoms with Gasteiger partial charge in [-0.1, -0.05) is 99.5 Å². The summed E-state index contributed by atoms with van der Waals surface area (Å²) in [6, 6.07) is 6.82. The SMILES string of the molecule is CCCCCCCCCCOc1cc(C(C)(C)C)cc(C(C)(C)C)c1. The van der Waals surface area contributed by atoms with Crippen LogP contribution in [0.5, 0.6) is 5.75 Å². The molecule has 1 aromatic carbocycles. The third-order valence-corrected chi connectivity index (χ3v) is 4.91. The number of rotatable bonds is 10. The number of unbranched alkanes of at least 4 members (excludes halogenated alkanes) is 7. The molecule has 0 heterocycles. The Hall–Kier alpha value is -0.980. The number of benzene rings is 1. The lowest BCUT2D eigenvalue weighted by atomic mass is 9.80. The van der Waals surface area contributed by atoms with Gasteiger partial charge in [0.05, 0.1) is 6.61 Å². The molecule has 25 heavy (non-hydrogen) atoms. The van der Waals surface area contributed by atoms with Crippen LogP contribution in [0.4, 0.5) is 0 Å². The first-order valence-corrected chi connectivity index (χ1v) is 10.4. The van der Waals surface area contributed by atoms with Crippen molar-refractivity contribution in [1.29, 1.82) is 0 Å². The Morgan fingerprint density at radius 3 is 1.52 bits per heavy atom. The van der Waals surface area contributed by atoms with Crippen LogP contribution in [0.3, 0.4) is 0 Å². The second kappa shape index (κ2) is 10.2. The zero-order chi connectivity index (χ0) is 18.9. The molecule has 0 radical (unpaired) electrons. The highest BCUT2D eigenvalue weighted by Gasteiger charge is 2.20. The van der Waals surface area contributed by atoms with Gasteiger partial charge in [0, 0.05) is 0 Å². The standard InChI is InChI=1S/C24H42O/c1-8-9-10-11-12-13-14-15-16-25-22-18-20(23(2,3)4)17-21(19-22)24(5,6)7/h17-19H,8-16H2,1-7H3. The lowest BCUT2D eigenvalue weighted by Gasteiger charge is -2.26. The van der Waals surface area contributed by atoms with E-state index in [4.69, 9.17) is 4.74 Å². The minimum Gasteiger partial charge on any atom is -0.494 e. The Morgan fingerprint density at radius 1 is 0.640 bits per heavy atom. The van der Waals surface area contributed by atoms with E-state index < -0.39 is 0 Å². The van der Waals surface area contributed by atoms with Gasteiger partial charge in [0.1, 0.15) is 5.75 Å². The lowest BCUT2D eigenvalue weighted by Crippen LogP contribution is -2.16. The first kappa shape index (κ1) is 22.1. The summed E-state index contributed by atoms with van der Waals surface area (Å²) in [5.41, 5.74) is 3.03. The van der Waals surface area contributed by atoms with Gasteiger partial charge in [0.2, 0.25) is 0 Å². The van der Waals surface area contributed by atoms with Crippen LogP contribution in [0.15, 0.2) is 18.2 Å². The molecule has 0 unspecified atom stereocenters. The average molecular weight is 347 g/mol. The van der Waals surface area contributed by atoms with E-state index in [2.05, 4.69) is 66.7 Å². The van der Waals surface area contributed by atoms with Gasteiger partial charge < -0.3 is 4.74 Å². The molecule has 0 amide bonds. The lowest BCUT2D eigenvalue weighted by molar-refractivity contribution is 0.302. The zero-order valence-electron chi connectivity index (χ0n) is 18.0. The summed E-state index contributed by atoms with van der Waals surface area (Å²) in [6.45, 7) is 16.8. The third kappa shape index (κ3) is 8.79. The Kier molecular flexibility index (Phi) is 9.03. The fraction of sp³-hybridized carbons (Fsp3) is 0.750. The molecule has 0 N–H and O–H groups in total. The highest BCUT2D eigenvalue weighted by molar-refractivity contribution is 5.40. The highest BCUT2D eigenvalue weighted by Crippen LogP contribution is 2.33. The van der Waals surface area contributed by atoms with E-state index in [0.29, 0.717) is 0 Å². The minimum atomic E-state index is 0.151. The van der Waals surface area contributed by atoms with Crippen LogP contribution in [-0.2, 0) is 10.8 Å². The molecule has 1 nitrogen and oxygen atoms in total. The molecule has 1 rings (SSSR count). The number of ether oxygens (including phenoxy) is 1. The molecule has 1 heteroatoms. The highest BCUT2D eigenvalue weighted by atomic mass is 16.5. The normalized spacial score (nSPS) is 12.4. The van der Waals surface area contributed by atoms with Crippen LogP contribution >= 0.6 is 0 Å². The van der Waals surface area contributed by atoms with Crippen molar-refractivity contribution < 1.29 is 4.74 Å². The van der Waals surface area contributed by atoms with Gasteiger partial charge in [-0.2, -0.15) is 0 Å². The van der Waals surface area contributed by atoms with Gasteiger partial charge in [-0.25, -0.2) is 0 Å². The van der Waals surface area contributed by atoms with Crippen LogP contribution in [0.2, 0.25) is 0 Å². The smallest absolute Gasteiger partial charge is 0.119 e. The molecule has 0 saturated carbocycles. The van der Waals surface area contributed by atoms with Crippen molar-refractivity contribution in [2.24, 2.45) is 0 Å². The van der Waals surface area contributed by atoms with Crippen LogP contribution in [0.1, 0.15) is 111 Å².